The van der Waals surface area contributed by atoms with Crippen molar-refractivity contribution in [2.75, 3.05) is 13.2 Å². The van der Waals surface area contributed by atoms with E-state index in [0.717, 1.165) is 5.56 Å². The third kappa shape index (κ3) is 3.82. The molecule has 0 spiro atoms. The van der Waals surface area contributed by atoms with Gasteiger partial charge >= 0.3 is 0 Å². The highest BCUT2D eigenvalue weighted by atomic mass is 16.3. The molecule has 1 rings (SSSR count). The van der Waals surface area contributed by atoms with E-state index in [-0.39, 0.29) is 30.4 Å². The number of nitrogens with two attached hydrogens (primary N) is 1. The number of nitrogens with one attached hydrogen (secondary N) is 1. The molecule has 0 saturated carbocycles. The Bertz CT molecular complexity index is 365. The Hall–Kier alpha value is -1.39. The second-order valence-corrected chi connectivity index (χ2v) is 4.74. The van der Waals surface area contributed by atoms with E-state index in [1.165, 1.54) is 0 Å². The molecular weight excluding hydrogens is 228 g/mol. The number of rotatable bonds is 6. The van der Waals surface area contributed by atoms with Crippen LogP contribution in [0.2, 0.25) is 0 Å². The highest BCUT2D eigenvalue weighted by molar-refractivity contribution is 5.79. The predicted octanol–water partition coefficient (Wildman–Crippen LogP) is 1.07. The highest BCUT2D eigenvalue weighted by Gasteiger charge is 2.23. The normalized spacial score (nSPS) is 14.3. The van der Waals surface area contributed by atoms with Crippen molar-refractivity contribution in [3.8, 4) is 0 Å². The zero-order chi connectivity index (χ0) is 13.5. The third-order valence-electron chi connectivity index (χ3n) is 3.10. The van der Waals surface area contributed by atoms with Crippen molar-refractivity contribution in [3.63, 3.8) is 0 Å². The Morgan fingerprint density at radius 3 is 2.39 bits per heavy atom. The van der Waals surface area contributed by atoms with Crippen molar-refractivity contribution in [1.82, 2.24) is 5.32 Å². The topological polar surface area (TPSA) is 75.4 Å². The number of aliphatic hydroxyl groups excluding tert-OH is 1. The van der Waals surface area contributed by atoms with Crippen molar-refractivity contribution < 1.29 is 9.90 Å². The van der Waals surface area contributed by atoms with Crippen molar-refractivity contribution in [2.45, 2.75) is 19.9 Å². The number of amides is 1. The standard InChI is InChI=1S/C14H22N2O2/c1-10(2)12(8-15)14(18)16-13(9-17)11-6-4-3-5-7-11/h3-7,10,12-13,17H,8-9,15H2,1-2H3,(H,16,18)/t12?,13-/m0/s1. The average Bonchev–Trinajstić information content (AvgIpc) is 2.37. The second kappa shape index (κ2) is 7.13. The maximum absolute atomic E-state index is 12.1. The van der Waals surface area contributed by atoms with Gasteiger partial charge < -0.3 is 16.2 Å². The fraction of sp³-hybridized carbons (Fsp3) is 0.500. The summed E-state index contributed by atoms with van der Waals surface area (Å²) >= 11 is 0. The van der Waals surface area contributed by atoms with Gasteiger partial charge in [0.15, 0.2) is 0 Å². The molecule has 4 heteroatoms. The molecule has 0 bridgehead atoms. The van der Waals surface area contributed by atoms with Crippen LogP contribution in [0.1, 0.15) is 25.5 Å². The third-order valence-corrected chi connectivity index (χ3v) is 3.10. The summed E-state index contributed by atoms with van der Waals surface area (Å²) in [4.78, 5) is 12.1. The molecule has 1 amide bonds. The second-order valence-electron chi connectivity index (χ2n) is 4.74. The summed E-state index contributed by atoms with van der Waals surface area (Å²) in [5, 5.41) is 12.2. The summed E-state index contributed by atoms with van der Waals surface area (Å²) in [7, 11) is 0. The molecule has 1 aromatic carbocycles. The van der Waals surface area contributed by atoms with Crippen LogP contribution < -0.4 is 11.1 Å². The summed E-state index contributed by atoms with van der Waals surface area (Å²) in [6, 6.07) is 9.06. The van der Waals surface area contributed by atoms with Gasteiger partial charge in [-0.25, -0.2) is 0 Å². The molecule has 18 heavy (non-hydrogen) atoms. The fourth-order valence-electron chi connectivity index (χ4n) is 1.88. The fourth-order valence-corrected chi connectivity index (χ4v) is 1.88. The van der Waals surface area contributed by atoms with Crippen molar-refractivity contribution in [1.29, 1.82) is 0 Å². The molecular formula is C14H22N2O2. The summed E-state index contributed by atoms with van der Waals surface area (Å²) in [6.07, 6.45) is 0. The van der Waals surface area contributed by atoms with E-state index in [4.69, 9.17) is 5.73 Å². The maximum Gasteiger partial charge on any atom is 0.225 e. The van der Waals surface area contributed by atoms with Gasteiger partial charge in [-0.3, -0.25) is 4.79 Å². The zero-order valence-corrected chi connectivity index (χ0v) is 11.0. The molecule has 0 aliphatic rings. The zero-order valence-electron chi connectivity index (χ0n) is 11.0. The number of hydrogen-bond donors (Lipinski definition) is 3. The van der Waals surface area contributed by atoms with Crippen molar-refractivity contribution >= 4 is 5.91 Å². The van der Waals surface area contributed by atoms with Crippen molar-refractivity contribution in [2.24, 2.45) is 17.6 Å². The van der Waals surface area contributed by atoms with Crippen LogP contribution in [-0.2, 0) is 4.79 Å². The lowest BCUT2D eigenvalue weighted by Crippen LogP contribution is -2.40. The Morgan fingerprint density at radius 2 is 1.94 bits per heavy atom. The van der Waals surface area contributed by atoms with Crippen LogP contribution in [0.25, 0.3) is 0 Å². The first-order valence-electron chi connectivity index (χ1n) is 6.26. The first-order valence-corrected chi connectivity index (χ1v) is 6.26. The van der Waals surface area contributed by atoms with E-state index in [0.29, 0.717) is 6.54 Å². The average molecular weight is 250 g/mol. The summed E-state index contributed by atoms with van der Waals surface area (Å²) in [5.41, 5.74) is 6.50. The Morgan fingerprint density at radius 1 is 1.33 bits per heavy atom. The van der Waals surface area contributed by atoms with Gasteiger partial charge in [0.1, 0.15) is 0 Å². The molecule has 1 unspecified atom stereocenters. The molecule has 0 aromatic heterocycles. The van der Waals surface area contributed by atoms with Gasteiger partial charge in [0.05, 0.1) is 18.6 Å². The van der Waals surface area contributed by atoms with Crippen LogP contribution in [-0.4, -0.2) is 24.2 Å². The first kappa shape index (κ1) is 14.7. The quantitative estimate of drug-likeness (QED) is 0.707. The minimum absolute atomic E-state index is 0.101. The molecule has 0 fully saturated rings. The van der Waals surface area contributed by atoms with Crippen LogP contribution in [0.5, 0.6) is 0 Å². The summed E-state index contributed by atoms with van der Waals surface area (Å²) < 4.78 is 0. The van der Waals surface area contributed by atoms with Gasteiger partial charge in [-0.2, -0.15) is 0 Å². The molecule has 0 saturated heterocycles. The van der Waals surface area contributed by atoms with Gasteiger partial charge in [0.25, 0.3) is 0 Å². The SMILES string of the molecule is CC(C)C(CN)C(=O)N[C@@H](CO)c1ccccc1. The monoisotopic (exact) mass is 250 g/mol. The van der Waals surface area contributed by atoms with Gasteiger partial charge in [0.2, 0.25) is 5.91 Å². The van der Waals surface area contributed by atoms with E-state index < -0.39 is 0 Å². The lowest BCUT2D eigenvalue weighted by atomic mass is 9.94. The largest absolute Gasteiger partial charge is 0.394 e. The van der Waals surface area contributed by atoms with Crippen LogP contribution >= 0.6 is 0 Å². The van der Waals surface area contributed by atoms with Crippen LogP contribution in [0.3, 0.4) is 0 Å². The van der Waals surface area contributed by atoms with Crippen LogP contribution in [0.4, 0.5) is 0 Å². The van der Waals surface area contributed by atoms with E-state index in [1.807, 2.05) is 44.2 Å². The first-order chi connectivity index (χ1) is 8.60. The summed E-state index contributed by atoms with van der Waals surface area (Å²) in [6.45, 7) is 4.13. The smallest absolute Gasteiger partial charge is 0.225 e. The number of carbonyl (C=O) groups excluding carboxylic acids is 1. The predicted molar refractivity (Wildman–Crippen MR) is 71.8 cm³/mol. The Kier molecular flexibility index (Phi) is 5.82. The molecule has 0 radical (unpaired) electrons. The molecule has 0 heterocycles. The van der Waals surface area contributed by atoms with Gasteiger partial charge in [-0.05, 0) is 11.5 Å². The molecule has 0 aliphatic heterocycles. The highest BCUT2D eigenvalue weighted by Crippen LogP contribution is 2.15. The summed E-state index contributed by atoms with van der Waals surface area (Å²) in [5.74, 6) is -0.136. The maximum atomic E-state index is 12.1. The Labute approximate surface area is 108 Å². The molecule has 2 atom stereocenters. The number of aliphatic hydroxyl groups is 1. The van der Waals surface area contributed by atoms with Crippen LogP contribution in [0.15, 0.2) is 30.3 Å². The molecule has 1 aromatic rings. The van der Waals surface area contributed by atoms with Gasteiger partial charge in [-0.1, -0.05) is 44.2 Å². The van der Waals surface area contributed by atoms with Crippen molar-refractivity contribution in [3.05, 3.63) is 35.9 Å². The molecule has 4 N–H and O–H groups in total. The van der Waals surface area contributed by atoms with Gasteiger partial charge in [-0.15, -0.1) is 0 Å². The number of benzene rings is 1. The van der Waals surface area contributed by atoms with E-state index in [1.54, 1.807) is 0 Å². The lowest BCUT2D eigenvalue weighted by molar-refractivity contribution is -0.127. The van der Waals surface area contributed by atoms with E-state index in [9.17, 15) is 9.90 Å². The number of hydrogen-bond acceptors (Lipinski definition) is 3. The minimum atomic E-state index is -0.369. The lowest BCUT2D eigenvalue weighted by Gasteiger charge is -2.23. The molecule has 4 nitrogen and oxygen atoms in total. The number of carbonyl (C=O) groups is 1. The minimum Gasteiger partial charge on any atom is -0.394 e. The van der Waals surface area contributed by atoms with E-state index >= 15 is 0 Å². The molecule has 0 aliphatic carbocycles. The van der Waals surface area contributed by atoms with Crippen LogP contribution in [0, 0.1) is 11.8 Å². The molecule has 100 valence electrons. The Balaban J connectivity index is 2.72. The van der Waals surface area contributed by atoms with E-state index in [2.05, 4.69) is 5.32 Å². The van der Waals surface area contributed by atoms with Gasteiger partial charge in [0, 0.05) is 6.54 Å².